The molecule has 0 bridgehead atoms. The lowest BCUT2D eigenvalue weighted by Gasteiger charge is -2.28. The van der Waals surface area contributed by atoms with Crippen molar-refractivity contribution >= 4 is 0 Å². The van der Waals surface area contributed by atoms with Crippen LogP contribution in [0.4, 0.5) is 0 Å². The van der Waals surface area contributed by atoms with E-state index in [0.717, 1.165) is 41.7 Å². The molecule has 1 nitrogen and oxygen atoms in total. The van der Waals surface area contributed by atoms with Gasteiger partial charge in [0, 0.05) is 11.1 Å². The maximum Gasteiger partial charge on any atom is 0.119 e. The average molecular weight is 417 g/mol. The van der Waals surface area contributed by atoms with E-state index in [1.54, 1.807) is 0 Å². The van der Waals surface area contributed by atoms with Gasteiger partial charge < -0.3 is 4.74 Å². The van der Waals surface area contributed by atoms with E-state index < -0.39 is 0 Å². The number of benzene rings is 2. The molecule has 0 heterocycles. The van der Waals surface area contributed by atoms with Gasteiger partial charge in [-0.05, 0) is 73.1 Å². The van der Waals surface area contributed by atoms with Crippen LogP contribution in [0.25, 0.3) is 0 Å². The third kappa shape index (κ3) is 8.45. The fraction of sp³-hybridized carbons (Fsp3) is 0.533. The zero-order chi connectivity index (χ0) is 21.7. The Morgan fingerprint density at radius 1 is 0.710 bits per heavy atom. The Labute approximate surface area is 190 Å². The van der Waals surface area contributed by atoms with Gasteiger partial charge in [0.05, 0.1) is 6.61 Å². The summed E-state index contributed by atoms with van der Waals surface area (Å²) >= 11 is 0. The highest BCUT2D eigenvalue weighted by atomic mass is 16.5. The summed E-state index contributed by atoms with van der Waals surface area (Å²) in [5.41, 5.74) is 3.57. The van der Waals surface area contributed by atoms with Crippen molar-refractivity contribution in [2.24, 2.45) is 11.8 Å². The summed E-state index contributed by atoms with van der Waals surface area (Å²) in [7, 11) is 0. The molecule has 1 fully saturated rings. The zero-order valence-corrected chi connectivity index (χ0v) is 19.7. The highest BCUT2D eigenvalue weighted by Gasteiger charge is 2.20. The largest absolute Gasteiger partial charge is 0.494 e. The van der Waals surface area contributed by atoms with Crippen molar-refractivity contribution in [1.82, 2.24) is 0 Å². The molecular weight excluding hydrogens is 376 g/mol. The van der Waals surface area contributed by atoms with Gasteiger partial charge in [0.2, 0.25) is 0 Å². The Morgan fingerprint density at radius 2 is 1.29 bits per heavy atom. The van der Waals surface area contributed by atoms with Gasteiger partial charge in [-0.15, -0.1) is 0 Å². The summed E-state index contributed by atoms with van der Waals surface area (Å²) in [6, 6.07) is 17.0. The summed E-state index contributed by atoms with van der Waals surface area (Å²) in [6.07, 6.45) is 14.7. The minimum atomic E-state index is 0.797. The third-order valence-electron chi connectivity index (χ3n) is 6.68. The van der Waals surface area contributed by atoms with Crippen molar-refractivity contribution in [3.05, 3.63) is 65.2 Å². The summed E-state index contributed by atoms with van der Waals surface area (Å²) < 4.78 is 5.77. The molecule has 1 heteroatoms. The summed E-state index contributed by atoms with van der Waals surface area (Å²) in [4.78, 5) is 0. The molecule has 0 aromatic heterocycles. The molecule has 1 aliphatic rings. The van der Waals surface area contributed by atoms with Crippen molar-refractivity contribution in [3.63, 3.8) is 0 Å². The Balaban J connectivity index is 1.42. The minimum Gasteiger partial charge on any atom is -0.494 e. The fourth-order valence-electron chi connectivity index (χ4n) is 4.66. The first-order valence-electron chi connectivity index (χ1n) is 12.6. The molecule has 1 saturated carbocycles. The predicted molar refractivity (Wildman–Crippen MR) is 133 cm³/mol. The smallest absolute Gasteiger partial charge is 0.119 e. The number of rotatable bonds is 10. The molecule has 0 N–H and O–H groups in total. The van der Waals surface area contributed by atoms with Crippen LogP contribution in [0.3, 0.4) is 0 Å². The molecule has 0 radical (unpaired) electrons. The third-order valence-corrected chi connectivity index (χ3v) is 6.68. The summed E-state index contributed by atoms with van der Waals surface area (Å²) in [5, 5.41) is 0. The molecule has 2 aromatic rings. The van der Waals surface area contributed by atoms with Crippen LogP contribution in [0.5, 0.6) is 5.75 Å². The van der Waals surface area contributed by atoms with Crippen LogP contribution in [-0.2, 0) is 6.42 Å². The first-order valence-corrected chi connectivity index (χ1v) is 12.6. The number of unbranched alkanes of at least 4 members (excludes halogenated alkanes) is 2. The van der Waals surface area contributed by atoms with Crippen LogP contribution in [0.1, 0.15) is 94.7 Å². The second-order valence-corrected chi connectivity index (χ2v) is 9.24. The van der Waals surface area contributed by atoms with Crippen LogP contribution in [-0.4, -0.2) is 6.61 Å². The topological polar surface area (TPSA) is 9.23 Å². The number of hydrogen-bond acceptors (Lipinski definition) is 1. The van der Waals surface area contributed by atoms with Crippen LogP contribution < -0.4 is 4.74 Å². The van der Waals surface area contributed by atoms with Gasteiger partial charge in [-0.3, -0.25) is 0 Å². The number of ether oxygens (including phenoxy) is 1. The molecule has 0 amide bonds. The average Bonchev–Trinajstić information content (AvgIpc) is 2.82. The molecule has 166 valence electrons. The Kier molecular flexibility index (Phi) is 10.0. The van der Waals surface area contributed by atoms with Crippen molar-refractivity contribution in [1.29, 1.82) is 0 Å². The predicted octanol–water partition coefficient (Wildman–Crippen LogP) is 8.19. The molecule has 0 aliphatic heterocycles. The van der Waals surface area contributed by atoms with Gasteiger partial charge in [-0.25, -0.2) is 0 Å². The molecule has 0 atom stereocenters. The summed E-state index contributed by atoms with van der Waals surface area (Å²) in [5.74, 6) is 9.45. The van der Waals surface area contributed by atoms with E-state index in [4.69, 9.17) is 4.74 Å². The van der Waals surface area contributed by atoms with E-state index >= 15 is 0 Å². The quantitative estimate of drug-likeness (QED) is 0.280. The van der Waals surface area contributed by atoms with Crippen molar-refractivity contribution in [3.8, 4) is 17.6 Å². The minimum absolute atomic E-state index is 0.797. The van der Waals surface area contributed by atoms with Gasteiger partial charge in [-0.2, -0.15) is 0 Å². The van der Waals surface area contributed by atoms with E-state index in [1.807, 2.05) is 24.3 Å². The van der Waals surface area contributed by atoms with E-state index in [9.17, 15) is 0 Å². The van der Waals surface area contributed by atoms with Gasteiger partial charge in [0.1, 0.15) is 5.75 Å². The maximum absolute atomic E-state index is 5.77. The van der Waals surface area contributed by atoms with E-state index in [0.29, 0.717) is 0 Å². The molecule has 0 unspecified atom stereocenters. The fourth-order valence-corrected chi connectivity index (χ4v) is 4.66. The van der Waals surface area contributed by atoms with Crippen LogP contribution in [0.2, 0.25) is 0 Å². The Hall–Kier alpha value is -2.20. The monoisotopic (exact) mass is 416 g/mol. The molecule has 0 saturated heterocycles. The van der Waals surface area contributed by atoms with Gasteiger partial charge in [0.25, 0.3) is 0 Å². The maximum atomic E-state index is 5.77. The standard InChI is InChI=1S/C30H40O/c1-3-5-6-24-31-30-22-20-29(21-23-30)19-18-28-16-14-27(15-17-28)13-12-26-10-8-25(7-4-2)9-11-26/h14-17,20-23,25-26H,3-13,24H2,1-2H3. The molecule has 1 aliphatic carbocycles. The van der Waals surface area contributed by atoms with Crippen molar-refractivity contribution < 1.29 is 4.74 Å². The van der Waals surface area contributed by atoms with E-state index in [2.05, 4.69) is 50.0 Å². The first-order chi connectivity index (χ1) is 15.3. The van der Waals surface area contributed by atoms with E-state index in [-0.39, 0.29) is 0 Å². The molecule has 31 heavy (non-hydrogen) atoms. The number of aryl methyl sites for hydroxylation is 1. The number of hydrogen-bond donors (Lipinski definition) is 0. The second-order valence-electron chi connectivity index (χ2n) is 9.24. The lowest BCUT2D eigenvalue weighted by atomic mass is 9.78. The highest BCUT2D eigenvalue weighted by Crippen LogP contribution is 2.33. The van der Waals surface area contributed by atoms with Gasteiger partial charge in [0.15, 0.2) is 0 Å². The molecule has 2 aromatic carbocycles. The highest BCUT2D eigenvalue weighted by molar-refractivity contribution is 5.44. The molecular formula is C30H40O. The Bertz CT molecular complexity index is 798. The van der Waals surface area contributed by atoms with Crippen LogP contribution in [0.15, 0.2) is 48.5 Å². The first kappa shape index (κ1) is 23.5. The normalized spacial score (nSPS) is 18.3. The Morgan fingerprint density at radius 3 is 1.87 bits per heavy atom. The van der Waals surface area contributed by atoms with Gasteiger partial charge in [-0.1, -0.05) is 89.2 Å². The van der Waals surface area contributed by atoms with Gasteiger partial charge >= 0.3 is 0 Å². The van der Waals surface area contributed by atoms with Crippen LogP contribution in [0, 0.1) is 23.7 Å². The van der Waals surface area contributed by atoms with Crippen molar-refractivity contribution in [2.45, 2.75) is 84.5 Å². The SMILES string of the molecule is CCCCCOc1ccc(C#Cc2ccc(CCC3CCC(CCC)CC3)cc2)cc1. The van der Waals surface area contributed by atoms with Crippen molar-refractivity contribution in [2.75, 3.05) is 6.61 Å². The lowest BCUT2D eigenvalue weighted by Crippen LogP contribution is -2.15. The zero-order valence-electron chi connectivity index (χ0n) is 19.7. The second kappa shape index (κ2) is 13.3. The molecule has 0 spiro atoms. The molecule has 3 rings (SSSR count). The summed E-state index contributed by atoms with van der Waals surface area (Å²) in [6.45, 7) is 5.33. The lowest BCUT2D eigenvalue weighted by molar-refractivity contribution is 0.252. The van der Waals surface area contributed by atoms with Crippen LogP contribution >= 0.6 is 0 Å². The van der Waals surface area contributed by atoms with E-state index in [1.165, 1.54) is 69.8 Å².